The molecule has 73 heavy (non-hydrogen) atoms. The average molecular weight is 1050 g/mol. The molecule has 0 radical (unpaired) electrons. The van der Waals surface area contributed by atoms with Gasteiger partial charge < -0.3 is 81.3 Å². The third kappa shape index (κ3) is 28.5. The van der Waals surface area contributed by atoms with Crippen LogP contribution in [0.4, 0.5) is 0 Å². The average Bonchev–Trinajstić information content (AvgIpc) is 3.35. The van der Waals surface area contributed by atoms with E-state index in [1.165, 1.54) is 13.8 Å². The Bertz CT molecular complexity index is 1770. The van der Waals surface area contributed by atoms with E-state index in [0.717, 1.165) is 0 Å². The molecule has 0 spiro atoms. The number of carbonyl (C=O) groups is 9. The number of carboxylic acids is 1. The highest BCUT2D eigenvalue weighted by Crippen LogP contribution is 2.22. The number of rotatable bonds is 36. The molecular formula is C45H80N10O18. The molecule has 1 aliphatic rings. The van der Waals surface area contributed by atoms with Gasteiger partial charge in [-0.15, -0.1) is 0 Å². The summed E-state index contributed by atoms with van der Waals surface area (Å²) in [5, 5.41) is 60.0. The van der Waals surface area contributed by atoms with Gasteiger partial charge in [-0.2, -0.15) is 0 Å². The molecule has 1 heterocycles. The second-order valence-electron chi connectivity index (χ2n) is 16.9. The second-order valence-corrected chi connectivity index (χ2v) is 16.9. The fourth-order valence-electron chi connectivity index (χ4n) is 6.36. The van der Waals surface area contributed by atoms with Gasteiger partial charge in [0.25, 0.3) is 5.91 Å². The van der Waals surface area contributed by atoms with E-state index in [0.29, 0.717) is 52.5 Å². The van der Waals surface area contributed by atoms with Gasteiger partial charge in [0.15, 0.2) is 6.10 Å². The SMILES string of the molecule is CCC[C@H](NC(=O)[C@H](CC)NC(=O)C1OC(CNC(=O)CC)C(O)C(O)C1O)C(=O)N[C@H](C(=O)N[C@@H](CC)C(=O)N[C@@H](C)C(=O)NCCOCCOCCOCCOCCC(C)=O)C(C)C.[N-]=[N+]=NCC(=O)O. The van der Waals surface area contributed by atoms with Crippen molar-refractivity contribution in [2.75, 3.05) is 72.5 Å². The topological polar surface area (TPSA) is 414 Å². The van der Waals surface area contributed by atoms with Crippen LogP contribution < -0.4 is 37.2 Å². The number of ether oxygens (including phenoxy) is 5. The van der Waals surface area contributed by atoms with E-state index in [2.05, 4.69) is 47.2 Å². The van der Waals surface area contributed by atoms with Crippen LogP contribution in [0.3, 0.4) is 0 Å². The van der Waals surface area contributed by atoms with Crippen molar-refractivity contribution in [1.29, 1.82) is 0 Å². The molecular weight excluding hydrogens is 969 g/mol. The predicted molar refractivity (Wildman–Crippen MR) is 259 cm³/mol. The third-order valence-electron chi connectivity index (χ3n) is 10.6. The number of aliphatic hydroxyl groups excluding tert-OH is 3. The van der Waals surface area contributed by atoms with Crippen molar-refractivity contribution in [1.82, 2.24) is 37.2 Å². The Labute approximate surface area is 425 Å². The van der Waals surface area contributed by atoms with Crippen LogP contribution >= 0.6 is 0 Å². The molecule has 0 aromatic heterocycles. The highest BCUT2D eigenvalue weighted by atomic mass is 16.6. The maximum atomic E-state index is 13.6. The summed E-state index contributed by atoms with van der Waals surface area (Å²) >= 11 is 0. The Morgan fingerprint density at radius 1 is 0.644 bits per heavy atom. The minimum Gasteiger partial charge on any atom is -0.481 e. The van der Waals surface area contributed by atoms with Gasteiger partial charge in [0.1, 0.15) is 67.0 Å². The largest absolute Gasteiger partial charge is 0.481 e. The summed E-state index contributed by atoms with van der Waals surface area (Å²) < 4.78 is 27.1. The lowest BCUT2D eigenvalue weighted by Crippen LogP contribution is -2.64. The fraction of sp³-hybridized carbons (Fsp3) is 0.800. The lowest BCUT2D eigenvalue weighted by Gasteiger charge is -2.40. The number of carboxylic acid groups (broad SMARTS) is 1. The van der Waals surface area contributed by atoms with E-state index in [-0.39, 0.29) is 63.7 Å². The molecule has 0 aromatic rings. The Morgan fingerprint density at radius 2 is 1.16 bits per heavy atom. The molecule has 0 aromatic carbocycles. The van der Waals surface area contributed by atoms with Crippen LogP contribution in [0.15, 0.2) is 5.11 Å². The van der Waals surface area contributed by atoms with Crippen molar-refractivity contribution >= 4 is 53.1 Å². The number of nitrogens with one attached hydrogen (secondary N) is 7. The van der Waals surface area contributed by atoms with E-state index in [4.69, 9.17) is 34.3 Å². The normalized spacial score (nSPS) is 19.2. The van der Waals surface area contributed by atoms with Crippen molar-refractivity contribution in [3.05, 3.63) is 10.4 Å². The molecule has 7 amide bonds. The lowest BCUT2D eigenvalue weighted by molar-refractivity contribution is -0.219. The van der Waals surface area contributed by atoms with Crippen LogP contribution in [0.25, 0.3) is 10.4 Å². The van der Waals surface area contributed by atoms with Gasteiger partial charge in [-0.05, 0) is 44.6 Å². The van der Waals surface area contributed by atoms with Gasteiger partial charge in [-0.25, -0.2) is 0 Å². The molecule has 0 bridgehead atoms. The summed E-state index contributed by atoms with van der Waals surface area (Å²) in [6.45, 7) is 15.1. The molecule has 1 saturated heterocycles. The predicted octanol–water partition coefficient (Wildman–Crippen LogP) is -2.37. The maximum absolute atomic E-state index is 13.6. The molecule has 1 fully saturated rings. The number of carbonyl (C=O) groups excluding carboxylic acids is 8. The minimum absolute atomic E-state index is 0.0339. The van der Waals surface area contributed by atoms with Gasteiger partial charge >= 0.3 is 5.97 Å². The summed E-state index contributed by atoms with van der Waals surface area (Å²) in [5.74, 6) is -6.12. The first-order valence-corrected chi connectivity index (χ1v) is 24.4. The lowest BCUT2D eigenvalue weighted by atomic mass is 9.94. The van der Waals surface area contributed by atoms with Crippen molar-refractivity contribution < 1.29 is 87.3 Å². The highest BCUT2D eigenvalue weighted by Gasteiger charge is 2.47. The van der Waals surface area contributed by atoms with Crippen molar-refractivity contribution in [2.45, 2.75) is 155 Å². The first-order chi connectivity index (χ1) is 34.6. The summed E-state index contributed by atoms with van der Waals surface area (Å²) in [4.78, 5) is 114. The summed E-state index contributed by atoms with van der Waals surface area (Å²) in [7, 11) is 0. The number of aliphatic carboxylic acids is 1. The molecule has 418 valence electrons. The molecule has 5 unspecified atom stereocenters. The number of Topliss-reactive ketones (excluding diaryl/α,β-unsaturated/α-hetero) is 1. The van der Waals surface area contributed by atoms with Gasteiger partial charge in [0.2, 0.25) is 35.4 Å². The van der Waals surface area contributed by atoms with Crippen molar-refractivity contribution in [3.8, 4) is 0 Å². The van der Waals surface area contributed by atoms with E-state index >= 15 is 0 Å². The third-order valence-corrected chi connectivity index (χ3v) is 10.6. The number of amides is 7. The first kappa shape index (κ1) is 67.4. The fourth-order valence-corrected chi connectivity index (χ4v) is 6.36. The van der Waals surface area contributed by atoms with Gasteiger partial charge in [0.05, 0.1) is 52.9 Å². The number of ketones is 1. The number of hydrogen-bond acceptors (Lipinski definition) is 18. The van der Waals surface area contributed by atoms with Gasteiger partial charge in [-0.3, -0.25) is 43.2 Å². The van der Waals surface area contributed by atoms with Crippen LogP contribution in [-0.4, -0.2) is 207 Å². The van der Waals surface area contributed by atoms with Crippen LogP contribution in [0.5, 0.6) is 0 Å². The first-order valence-electron chi connectivity index (χ1n) is 24.4. The molecule has 0 aliphatic carbocycles. The smallest absolute Gasteiger partial charge is 0.309 e. The Hall–Kier alpha value is -5.58. The Kier molecular flexibility index (Phi) is 36.0. The van der Waals surface area contributed by atoms with Crippen LogP contribution in [0, 0.1) is 5.92 Å². The summed E-state index contributed by atoms with van der Waals surface area (Å²) in [5.41, 5.74) is 7.51. The number of hydrogen-bond donors (Lipinski definition) is 11. The zero-order chi connectivity index (χ0) is 55.5. The maximum Gasteiger partial charge on any atom is 0.309 e. The number of nitrogens with zero attached hydrogens (tertiary/aromatic N) is 3. The van der Waals surface area contributed by atoms with E-state index < -0.39 is 115 Å². The molecule has 1 rings (SSSR count). The number of aliphatic hydroxyl groups is 3. The Balaban J connectivity index is 0.00000685. The summed E-state index contributed by atoms with van der Waals surface area (Å²) in [6.07, 6.45) is -6.98. The second kappa shape index (κ2) is 39.0. The highest BCUT2D eigenvalue weighted by molar-refractivity contribution is 5.96. The zero-order valence-corrected chi connectivity index (χ0v) is 43.2. The molecule has 28 nitrogen and oxygen atoms in total. The van der Waals surface area contributed by atoms with Crippen molar-refractivity contribution in [2.24, 2.45) is 11.0 Å². The molecule has 0 saturated carbocycles. The molecule has 11 N–H and O–H groups in total. The molecule has 1 aliphatic heterocycles. The van der Waals surface area contributed by atoms with Gasteiger partial charge in [-0.1, -0.05) is 53.1 Å². The van der Waals surface area contributed by atoms with Crippen molar-refractivity contribution in [3.63, 3.8) is 0 Å². The van der Waals surface area contributed by atoms with Crippen LogP contribution in [-0.2, 0) is 66.8 Å². The van der Waals surface area contributed by atoms with E-state index in [1.54, 1.807) is 41.5 Å². The monoisotopic (exact) mass is 1050 g/mol. The summed E-state index contributed by atoms with van der Waals surface area (Å²) in [6, 6.07) is -5.56. The minimum atomic E-state index is -1.87. The van der Waals surface area contributed by atoms with E-state index in [9.17, 15) is 58.5 Å². The van der Waals surface area contributed by atoms with Crippen LogP contribution in [0.2, 0.25) is 0 Å². The number of azide groups is 1. The quantitative estimate of drug-likeness (QED) is 0.0135. The zero-order valence-electron chi connectivity index (χ0n) is 43.2. The molecule has 28 heteroatoms. The standard InChI is InChI=1S/C43H77N7O16.C2H3N3O2/c1-9-13-30(49-40(58)29(11-3)48-43(61)37-36(55)35(54)34(53)31(66-37)24-45-32(52)12-4)41(59)50-33(25(5)6)42(60)47-28(10-2)39(57)46-27(8)38(56)44-15-17-63-19-21-65-23-22-64-20-18-62-16-14-26(7)51;3-5-4-1-2(6)7/h25,27-31,33-37,53-55H,9-24H2,1-8H3,(H,44,56)(H,45,52)(H,46,57)(H,47,60)(H,48,61)(H,49,58)(H,50,59);1H2,(H,6,7)/t27-,28-,29-,30-,31?,33-,34?,35?,36?,37?;/m0./s1. The van der Waals surface area contributed by atoms with Crippen LogP contribution in [0.1, 0.15) is 93.9 Å². The van der Waals surface area contributed by atoms with Gasteiger partial charge in [0, 0.05) is 30.8 Å². The Morgan fingerprint density at radius 3 is 1.66 bits per heavy atom. The molecule has 10 atom stereocenters. The van der Waals surface area contributed by atoms with E-state index in [1.807, 2.05) is 0 Å².